The van der Waals surface area contributed by atoms with Crippen LogP contribution in [0.5, 0.6) is 0 Å². The van der Waals surface area contributed by atoms with Crippen molar-refractivity contribution in [1.29, 1.82) is 0 Å². The van der Waals surface area contributed by atoms with Gasteiger partial charge in [-0.25, -0.2) is 0 Å². The Morgan fingerprint density at radius 1 is 1.05 bits per heavy atom. The number of allylic oxidation sites excluding steroid dienone is 3. The summed E-state index contributed by atoms with van der Waals surface area (Å²) >= 11 is 0. The summed E-state index contributed by atoms with van der Waals surface area (Å²) in [6, 6.07) is 0.692. The molecule has 0 amide bonds. The van der Waals surface area contributed by atoms with Crippen LogP contribution in [0.25, 0.3) is 0 Å². The highest BCUT2D eigenvalue weighted by Gasteiger charge is 2.17. The van der Waals surface area contributed by atoms with E-state index in [9.17, 15) is 4.79 Å². The number of ether oxygens (including phenoxy) is 1. The third-order valence-electron chi connectivity index (χ3n) is 3.41. The summed E-state index contributed by atoms with van der Waals surface area (Å²) in [6.07, 6.45) is 6.30. The molecule has 0 atom stereocenters. The maximum atomic E-state index is 11.8. The molecule has 3 heteroatoms. The highest BCUT2D eigenvalue weighted by atomic mass is 16.5. The minimum absolute atomic E-state index is 0.147. The van der Waals surface area contributed by atoms with Crippen LogP contribution in [0.2, 0.25) is 0 Å². The molecule has 0 unspecified atom stereocenters. The van der Waals surface area contributed by atoms with Crippen molar-refractivity contribution < 1.29 is 9.53 Å². The van der Waals surface area contributed by atoms with Crippen LogP contribution in [-0.4, -0.2) is 36.1 Å². The highest BCUT2D eigenvalue weighted by Crippen LogP contribution is 2.07. The Hall–Kier alpha value is -1.09. The lowest BCUT2D eigenvalue weighted by Crippen LogP contribution is -2.41. The van der Waals surface area contributed by atoms with Crippen molar-refractivity contribution in [3.05, 3.63) is 23.3 Å². The van der Waals surface area contributed by atoms with Crippen molar-refractivity contribution >= 4 is 5.97 Å². The molecule has 0 saturated carbocycles. The Bertz CT molecular complexity index is 355. The van der Waals surface area contributed by atoms with Crippen LogP contribution in [0.1, 0.15) is 61.3 Å². The Morgan fingerprint density at radius 3 is 2.10 bits per heavy atom. The molecule has 0 heterocycles. The molecule has 0 aliphatic rings. The van der Waals surface area contributed by atoms with Crippen LogP contribution in [-0.2, 0) is 9.53 Å². The molecule has 0 aliphatic carbocycles. The van der Waals surface area contributed by atoms with Crippen molar-refractivity contribution in [3.63, 3.8) is 0 Å². The fourth-order valence-corrected chi connectivity index (χ4v) is 2.12. The lowest BCUT2D eigenvalue weighted by Gasteiger charge is -2.29. The first-order chi connectivity index (χ1) is 9.73. The fraction of sp³-hybridized carbons (Fsp3) is 0.722. The van der Waals surface area contributed by atoms with Gasteiger partial charge in [0.25, 0.3) is 0 Å². The predicted octanol–water partition coefficient (Wildman–Crippen LogP) is 4.34. The van der Waals surface area contributed by atoms with Gasteiger partial charge in [0.05, 0.1) is 6.54 Å². The molecule has 21 heavy (non-hydrogen) atoms. The molecule has 0 bridgehead atoms. The maximum Gasteiger partial charge on any atom is 0.320 e. The van der Waals surface area contributed by atoms with E-state index in [1.165, 1.54) is 11.1 Å². The Balaban J connectivity index is 4.10. The van der Waals surface area contributed by atoms with Gasteiger partial charge in [0.2, 0.25) is 0 Å². The first kappa shape index (κ1) is 19.9. The standard InChI is InChI=1S/C18H33NO2/c1-14(2)9-8-10-17(7)11-12-21-18(20)13-19(15(3)4)16(5)6/h9,11,15-16H,8,10,12-13H2,1-7H3/b17-11+. The van der Waals surface area contributed by atoms with Crippen LogP contribution in [0.4, 0.5) is 0 Å². The summed E-state index contributed by atoms with van der Waals surface area (Å²) in [5.41, 5.74) is 2.61. The number of carbonyl (C=O) groups excluding carboxylic acids is 1. The van der Waals surface area contributed by atoms with Crippen LogP contribution < -0.4 is 0 Å². The fourth-order valence-electron chi connectivity index (χ4n) is 2.12. The molecule has 0 aromatic carbocycles. The van der Waals surface area contributed by atoms with E-state index in [1.54, 1.807) is 0 Å². The number of hydrogen-bond donors (Lipinski definition) is 0. The van der Waals surface area contributed by atoms with Crippen molar-refractivity contribution in [3.8, 4) is 0 Å². The predicted molar refractivity (Wildman–Crippen MR) is 90.4 cm³/mol. The van der Waals surface area contributed by atoms with E-state index >= 15 is 0 Å². The smallest absolute Gasteiger partial charge is 0.320 e. The molecule has 0 fully saturated rings. The zero-order valence-electron chi connectivity index (χ0n) is 14.9. The minimum Gasteiger partial charge on any atom is -0.460 e. The van der Waals surface area contributed by atoms with E-state index < -0.39 is 0 Å². The Labute approximate surface area is 131 Å². The molecular weight excluding hydrogens is 262 g/mol. The van der Waals surface area contributed by atoms with Crippen LogP contribution in [0, 0.1) is 0 Å². The molecule has 0 aliphatic heterocycles. The van der Waals surface area contributed by atoms with E-state index in [-0.39, 0.29) is 5.97 Å². The van der Waals surface area contributed by atoms with Crippen molar-refractivity contribution in [2.24, 2.45) is 0 Å². The summed E-state index contributed by atoms with van der Waals surface area (Å²) in [5.74, 6) is -0.147. The molecule has 0 spiro atoms. The normalized spacial score (nSPS) is 12.2. The zero-order chi connectivity index (χ0) is 16.4. The summed E-state index contributed by atoms with van der Waals surface area (Å²) < 4.78 is 5.30. The minimum atomic E-state index is -0.147. The highest BCUT2D eigenvalue weighted by molar-refractivity contribution is 5.71. The first-order valence-corrected chi connectivity index (χ1v) is 7.94. The van der Waals surface area contributed by atoms with Gasteiger partial charge in [-0.05, 0) is 67.4 Å². The lowest BCUT2D eigenvalue weighted by atomic mass is 10.1. The average molecular weight is 295 g/mol. The van der Waals surface area contributed by atoms with Crippen LogP contribution in [0.3, 0.4) is 0 Å². The van der Waals surface area contributed by atoms with E-state index in [4.69, 9.17) is 4.74 Å². The molecule has 0 radical (unpaired) electrons. The average Bonchev–Trinajstić information content (AvgIpc) is 2.34. The van der Waals surface area contributed by atoms with Gasteiger partial charge in [0.1, 0.15) is 6.61 Å². The zero-order valence-corrected chi connectivity index (χ0v) is 14.9. The van der Waals surface area contributed by atoms with E-state index in [1.807, 2.05) is 6.08 Å². The molecule has 0 aromatic heterocycles. The molecule has 0 aromatic rings. The second-order valence-electron chi connectivity index (χ2n) is 6.41. The van der Waals surface area contributed by atoms with E-state index in [0.717, 1.165) is 12.8 Å². The quantitative estimate of drug-likeness (QED) is 0.468. The number of rotatable bonds is 9. The number of hydrogen-bond acceptors (Lipinski definition) is 3. The van der Waals surface area contributed by atoms with Crippen LogP contribution >= 0.6 is 0 Å². The molecule has 0 N–H and O–H groups in total. The van der Waals surface area contributed by atoms with Gasteiger partial charge in [0, 0.05) is 12.1 Å². The monoisotopic (exact) mass is 295 g/mol. The van der Waals surface area contributed by atoms with Gasteiger partial charge in [-0.2, -0.15) is 0 Å². The summed E-state index contributed by atoms with van der Waals surface area (Å²) in [7, 11) is 0. The second kappa shape index (κ2) is 10.6. The summed E-state index contributed by atoms with van der Waals surface area (Å²) in [6.45, 7) is 15.4. The molecular formula is C18H33NO2. The van der Waals surface area contributed by atoms with Crippen molar-refractivity contribution in [2.75, 3.05) is 13.2 Å². The van der Waals surface area contributed by atoms with Gasteiger partial charge in [-0.1, -0.05) is 17.2 Å². The van der Waals surface area contributed by atoms with E-state index in [0.29, 0.717) is 25.2 Å². The van der Waals surface area contributed by atoms with Gasteiger partial charge < -0.3 is 4.74 Å². The summed E-state index contributed by atoms with van der Waals surface area (Å²) in [4.78, 5) is 14.0. The van der Waals surface area contributed by atoms with Gasteiger partial charge in [-0.3, -0.25) is 9.69 Å². The number of esters is 1. The molecule has 0 saturated heterocycles. The lowest BCUT2D eigenvalue weighted by molar-refractivity contribution is -0.144. The second-order valence-corrected chi connectivity index (χ2v) is 6.41. The van der Waals surface area contributed by atoms with E-state index in [2.05, 4.69) is 59.4 Å². The van der Waals surface area contributed by atoms with Gasteiger partial charge >= 0.3 is 5.97 Å². The van der Waals surface area contributed by atoms with Crippen LogP contribution in [0.15, 0.2) is 23.3 Å². The third kappa shape index (κ3) is 10.3. The SMILES string of the molecule is CC(C)=CCC/C(C)=C/COC(=O)CN(C(C)C)C(C)C. The Morgan fingerprint density at radius 2 is 1.62 bits per heavy atom. The van der Waals surface area contributed by atoms with Gasteiger partial charge in [-0.15, -0.1) is 0 Å². The number of nitrogens with zero attached hydrogens (tertiary/aromatic N) is 1. The van der Waals surface area contributed by atoms with Crippen molar-refractivity contribution in [1.82, 2.24) is 4.90 Å². The Kier molecular flexibility index (Phi) is 10.1. The number of carbonyl (C=O) groups is 1. The third-order valence-corrected chi connectivity index (χ3v) is 3.41. The molecule has 3 nitrogen and oxygen atoms in total. The first-order valence-electron chi connectivity index (χ1n) is 7.94. The molecule has 0 rings (SSSR count). The summed E-state index contributed by atoms with van der Waals surface area (Å²) in [5, 5.41) is 0. The van der Waals surface area contributed by atoms with Crippen molar-refractivity contribution in [2.45, 2.75) is 73.4 Å². The topological polar surface area (TPSA) is 29.5 Å². The molecule has 122 valence electrons. The van der Waals surface area contributed by atoms with Gasteiger partial charge in [0.15, 0.2) is 0 Å². The largest absolute Gasteiger partial charge is 0.460 e. The maximum absolute atomic E-state index is 11.8.